The molecule has 0 saturated heterocycles. The Balaban J connectivity index is 2.10. The highest BCUT2D eigenvalue weighted by Crippen LogP contribution is 2.20. The summed E-state index contributed by atoms with van der Waals surface area (Å²) in [5.41, 5.74) is 1.24. The van der Waals surface area contributed by atoms with Crippen LogP contribution in [0.3, 0.4) is 0 Å². The summed E-state index contributed by atoms with van der Waals surface area (Å²) in [7, 11) is 0. The van der Waals surface area contributed by atoms with Crippen LogP contribution in [0.25, 0.3) is 0 Å². The third-order valence-electron chi connectivity index (χ3n) is 2.83. The Labute approximate surface area is 146 Å². The van der Waals surface area contributed by atoms with Gasteiger partial charge in [0, 0.05) is 11.1 Å². The molecule has 116 valence electrons. The molecule has 0 aromatic heterocycles. The molecular weight excluding hydrogens is 412 g/mol. The molecule has 0 fully saturated rings. The molecule has 0 aliphatic heterocycles. The van der Waals surface area contributed by atoms with Gasteiger partial charge in [0.2, 0.25) is 0 Å². The minimum Gasteiger partial charge on any atom is -0.480 e. The Hall–Kier alpha value is -1.33. The van der Waals surface area contributed by atoms with E-state index >= 15 is 0 Å². The van der Waals surface area contributed by atoms with Gasteiger partial charge < -0.3 is 9.47 Å². The van der Waals surface area contributed by atoms with E-state index in [-0.39, 0.29) is 15.8 Å². The van der Waals surface area contributed by atoms with Gasteiger partial charge in [-0.1, -0.05) is 0 Å². The van der Waals surface area contributed by atoms with E-state index in [1.807, 2.05) is 13.8 Å². The Kier molecular flexibility index (Phi) is 6.03. The molecule has 2 aromatic carbocycles. The molecule has 0 saturated carbocycles. The number of hydrogen-bond donors (Lipinski definition) is 0. The molecule has 0 radical (unpaired) electrons. The summed E-state index contributed by atoms with van der Waals surface area (Å²) in [4.78, 5) is 12.4. The summed E-state index contributed by atoms with van der Waals surface area (Å²) in [5.74, 6) is 1.41. The molecule has 3 nitrogen and oxygen atoms in total. The maximum Gasteiger partial charge on any atom is 0.193 e. The van der Waals surface area contributed by atoms with Crippen molar-refractivity contribution in [3.8, 4) is 11.5 Å². The molecule has 22 heavy (non-hydrogen) atoms. The van der Waals surface area contributed by atoms with Gasteiger partial charge >= 0.3 is 0 Å². The third-order valence-corrected chi connectivity index (χ3v) is 3.20. The number of ether oxygens (including phenoxy) is 2. The van der Waals surface area contributed by atoms with Gasteiger partial charge in [-0.25, -0.2) is 0 Å². The average molecular weight is 428 g/mol. The monoisotopic (exact) mass is 426 g/mol. The second-order valence-corrected chi connectivity index (χ2v) is 7.28. The van der Waals surface area contributed by atoms with E-state index in [4.69, 9.17) is 9.47 Å². The molecule has 0 N–H and O–H groups in total. The van der Waals surface area contributed by atoms with Gasteiger partial charge in [-0.2, -0.15) is 0 Å². The number of rotatable bonds is 6. The first-order chi connectivity index (χ1) is 10.5. The lowest BCUT2D eigenvalue weighted by molar-refractivity contribution is 0.103. The zero-order valence-electron chi connectivity index (χ0n) is 12.3. The topological polar surface area (TPSA) is 35.5 Å². The lowest BCUT2D eigenvalue weighted by atomic mass is 10.0. The number of hydrogen-bond acceptors (Lipinski definition) is 3. The summed E-state index contributed by atoms with van der Waals surface area (Å²) in [6.07, 6.45) is 0. The molecule has 0 aliphatic rings. The molecule has 5 heteroatoms. The fourth-order valence-electron chi connectivity index (χ4n) is 1.91. The smallest absolute Gasteiger partial charge is 0.193 e. The number of ketones is 1. The van der Waals surface area contributed by atoms with E-state index in [9.17, 15) is 4.79 Å². The summed E-state index contributed by atoms with van der Waals surface area (Å²) < 4.78 is 11.0. The van der Waals surface area contributed by atoms with Crippen LogP contribution in [0.4, 0.5) is 0 Å². The maximum absolute atomic E-state index is 12.4. The van der Waals surface area contributed by atoms with Crippen LogP contribution in [0.1, 0.15) is 29.8 Å². The van der Waals surface area contributed by atoms with Crippen molar-refractivity contribution in [1.29, 1.82) is 0 Å². The van der Waals surface area contributed by atoms with Crippen LogP contribution in [-0.2, 0) is 0 Å². The molecule has 0 aliphatic carbocycles. The van der Waals surface area contributed by atoms with Crippen LogP contribution < -0.4 is 9.47 Å². The van der Waals surface area contributed by atoms with Gasteiger partial charge in [-0.3, -0.25) is 4.79 Å². The Morgan fingerprint density at radius 2 is 1.09 bits per heavy atom. The zero-order chi connectivity index (χ0) is 16.1. The minimum absolute atomic E-state index is 0.0307. The van der Waals surface area contributed by atoms with E-state index < -0.39 is 0 Å². The van der Waals surface area contributed by atoms with Crippen molar-refractivity contribution in [2.75, 3.05) is 0 Å². The number of halogens is 2. The van der Waals surface area contributed by atoms with Crippen molar-refractivity contribution in [1.82, 2.24) is 0 Å². The van der Waals surface area contributed by atoms with Crippen LogP contribution in [0.15, 0.2) is 48.5 Å². The zero-order valence-corrected chi connectivity index (χ0v) is 15.4. The molecule has 0 heterocycles. The molecule has 2 aromatic rings. The highest BCUT2D eigenvalue weighted by Gasteiger charge is 2.10. The summed E-state index contributed by atoms with van der Waals surface area (Å²) >= 11 is 6.63. The molecule has 0 amide bonds. The first-order valence-corrected chi connectivity index (χ1v) is 8.65. The summed E-state index contributed by atoms with van der Waals surface area (Å²) in [6, 6.07) is 14.2. The van der Waals surface area contributed by atoms with Gasteiger partial charge in [0.25, 0.3) is 0 Å². The first-order valence-electron chi connectivity index (χ1n) is 6.82. The minimum atomic E-state index is -0.0709. The molecule has 2 unspecified atom stereocenters. The first kappa shape index (κ1) is 17.0. The van der Waals surface area contributed by atoms with Crippen molar-refractivity contribution in [3.05, 3.63) is 59.7 Å². The number of alkyl halides is 2. The Bertz CT molecular complexity index is 564. The van der Waals surface area contributed by atoms with Crippen molar-refractivity contribution in [2.45, 2.75) is 23.9 Å². The fourth-order valence-corrected chi connectivity index (χ4v) is 2.34. The van der Waals surface area contributed by atoms with Crippen molar-refractivity contribution < 1.29 is 14.3 Å². The quantitative estimate of drug-likeness (QED) is 0.472. The van der Waals surface area contributed by atoms with Crippen LogP contribution in [0.2, 0.25) is 0 Å². The van der Waals surface area contributed by atoms with Crippen molar-refractivity contribution in [3.63, 3.8) is 0 Å². The van der Waals surface area contributed by atoms with E-state index in [1.54, 1.807) is 48.5 Å². The van der Waals surface area contributed by atoms with Gasteiger partial charge in [-0.05, 0) is 94.2 Å². The number of benzene rings is 2. The summed E-state index contributed by atoms with van der Waals surface area (Å²) in [5, 5.41) is -0.142. The van der Waals surface area contributed by atoms with E-state index in [0.29, 0.717) is 11.1 Å². The molecule has 2 atom stereocenters. The van der Waals surface area contributed by atoms with E-state index in [1.165, 1.54) is 0 Å². The average Bonchev–Trinajstić information content (AvgIpc) is 2.47. The molecule has 0 bridgehead atoms. The van der Waals surface area contributed by atoms with Crippen LogP contribution in [0.5, 0.6) is 11.5 Å². The van der Waals surface area contributed by atoms with Crippen LogP contribution >= 0.6 is 31.9 Å². The van der Waals surface area contributed by atoms with Crippen LogP contribution in [-0.4, -0.2) is 15.8 Å². The second-order valence-electron chi connectivity index (χ2n) is 4.70. The fraction of sp³-hybridized carbons (Fsp3) is 0.235. The van der Waals surface area contributed by atoms with Gasteiger partial charge in [0.15, 0.2) is 15.8 Å². The van der Waals surface area contributed by atoms with Crippen LogP contribution in [0, 0.1) is 0 Å². The third kappa shape index (κ3) is 4.85. The second kappa shape index (κ2) is 7.79. The van der Waals surface area contributed by atoms with E-state index in [2.05, 4.69) is 31.9 Å². The highest BCUT2D eigenvalue weighted by atomic mass is 79.9. The number of carbonyl (C=O) groups excluding carboxylic acids is 1. The van der Waals surface area contributed by atoms with Gasteiger partial charge in [0.05, 0.1) is 0 Å². The van der Waals surface area contributed by atoms with Crippen molar-refractivity contribution >= 4 is 37.6 Å². The van der Waals surface area contributed by atoms with Gasteiger partial charge in [0.1, 0.15) is 11.5 Å². The normalized spacial score (nSPS) is 13.3. The highest BCUT2D eigenvalue weighted by molar-refractivity contribution is 9.09. The predicted octanol–water partition coefficient (Wildman–Crippen LogP) is 5.16. The lowest BCUT2D eigenvalue weighted by Crippen LogP contribution is -2.04. The predicted molar refractivity (Wildman–Crippen MR) is 94.4 cm³/mol. The molecule has 0 spiro atoms. The SMILES string of the molecule is CC(Br)Oc1ccc(C(=O)c2ccc(OC(C)Br)cc2)cc1. The molecule has 2 rings (SSSR count). The van der Waals surface area contributed by atoms with E-state index in [0.717, 1.165) is 11.5 Å². The number of carbonyl (C=O) groups is 1. The maximum atomic E-state index is 12.4. The Morgan fingerprint density at radius 3 is 1.36 bits per heavy atom. The Morgan fingerprint density at radius 1 is 0.773 bits per heavy atom. The molecular formula is C17H16Br2O3. The van der Waals surface area contributed by atoms with Crippen molar-refractivity contribution in [2.24, 2.45) is 0 Å². The summed E-state index contributed by atoms with van der Waals surface area (Å²) in [6.45, 7) is 3.77. The lowest BCUT2D eigenvalue weighted by Gasteiger charge is -2.10. The standard InChI is InChI=1S/C17H16Br2O3/c1-11(18)21-15-7-3-13(4-8-15)17(20)14-5-9-16(10-6-14)22-12(2)19/h3-12H,1-2H3. The largest absolute Gasteiger partial charge is 0.480 e. The van der Waals surface area contributed by atoms with Gasteiger partial charge in [-0.15, -0.1) is 0 Å².